The number of hydrogen-bond donors (Lipinski definition) is 0. The summed E-state index contributed by atoms with van der Waals surface area (Å²) in [5.41, 5.74) is 3.38. The molecule has 8 nitrogen and oxygen atoms in total. The van der Waals surface area contributed by atoms with Gasteiger partial charge in [-0.05, 0) is 53.1 Å². The molecule has 0 saturated carbocycles. The molecular weight excluding hydrogens is 465 g/mol. The average molecular weight is 494 g/mol. The van der Waals surface area contributed by atoms with E-state index in [2.05, 4.69) is 10.6 Å². The zero-order valence-electron chi connectivity index (χ0n) is 20.2. The van der Waals surface area contributed by atoms with Gasteiger partial charge in [0.05, 0.1) is 20.5 Å². The molecule has 0 aliphatic heterocycles. The highest BCUT2D eigenvalue weighted by molar-refractivity contribution is 7.43. The molecule has 184 valence electrons. The second kappa shape index (κ2) is 10.9. The first-order valence-corrected chi connectivity index (χ1v) is 12.4. The molecule has 0 saturated heterocycles. The molecule has 3 rings (SSSR count). The molecule has 0 fully saturated rings. The summed E-state index contributed by atoms with van der Waals surface area (Å²) >= 11 is 0. The molecule has 0 aromatic heterocycles. The van der Waals surface area contributed by atoms with Crippen LogP contribution in [0.15, 0.2) is 72.8 Å². The topological polar surface area (TPSA) is 112 Å². The van der Waals surface area contributed by atoms with Crippen LogP contribution in [-0.4, -0.2) is 41.4 Å². The van der Waals surface area contributed by atoms with Crippen molar-refractivity contribution < 1.29 is 23.6 Å². The summed E-state index contributed by atoms with van der Waals surface area (Å²) in [5.74, 6) is 0.460. The lowest BCUT2D eigenvalue weighted by atomic mass is 9.70. The zero-order chi connectivity index (χ0) is 25.6. The number of rotatable bonds is 10. The van der Waals surface area contributed by atoms with E-state index in [1.165, 1.54) is 0 Å². The highest BCUT2D eigenvalue weighted by Crippen LogP contribution is 2.40. The number of nitriles is 1. The Balaban J connectivity index is 1.99. The molecule has 0 heterocycles. The lowest BCUT2D eigenvalue weighted by Gasteiger charge is -2.30. The summed E-state index contributed by atoms with van der Waals surface area (Å²) < 4.78 is 20.2. The average Bonchev–Trinajstić information content (AvgIpc) is 2.83. The highest BCUT2D eigenvalue weighted by Gasteiger charge is 2.37. The second-order valence-corrected chi connectivity index (χ2v) is 9.55. The van der Waals surface area contributed by atoms with E-state index in [0.29, 0.717) is 5.75 Å². The first-order valence-electron chi connectivity index (χ1n) is 10.9. The second-order valence-electron chi connectivity index (χ2n) is 8.40. The number of ether oxygens (including phenoxy) is 1. The predicted molar refractivity (Wildman–Crippen MR) is 133 cm³/mol. The first kappa shape index (κ1) is 26.3. The number of phosphoric acid groups is 1. The van der Waals surface area contributed by atoms with E-state index in [0.717, 1.165) is 28.1 Å². The molecule has 3 aromatic carbocycles. The van der Waals surface area contributed by atoms with Crippen molar-refractivity contribution in [2.75, 3.05) is 51.2 Å². The molecular formula is C26H28N3O5P-2. The Bertz CT molecular complexity index is 1150. The lowest BCUT2D eigenvalue weighted by molar-refractivity contribution is -0.341. The van der Waals surface area contributed by atoms with Gasteiger partial charge in [-0.1, -0.05) is 36.4 Å². The van der Waals surface area contributed by atoms with E-state index in [4.69, 9.17) is 4.74 Å². The summed E-state index contributed by atoms with van der Waals surface area (Å²) in [7, 11) is 2.81. The Kier molecular flexibility index (Phi) is 8.21. The number of hydrogen-bond acceptors (Lipinski definition) is 8. The van der Waals surface area contributed by atoms with Gasteiger partial charge >= 0.3 is 0 Å². The Labute approximate surface area is 206 Å². The molecule has 0 bridgehead atoms. The van der Waals surface area contributed by atoms with Crippen molar-refractivity contribution in [1.29, 1.82) is 5.26 Å². The summed E-state index contributed by atoms with van der Waals surface area (Å²) in [6.45, 7) is -0.472. The van der Waals surface area contributed by atoms with Crippen molar-refractivity contribution in [3.05, 3.63) is 89.5 Å². The maximum absolute atomic E-state index is 10.6. The Morgan fingerprint density at radius 2 is 1.17 bits per heavy atom. The van der Waals surface area contributed by atoms with Crippen LogP contribution in [0, 0.1) is 11.3 Å². The van der Waals surface area contributed by atoms with Crippen molar-refractivity contribution in [1.82, 2.24) is 0 Å². The third kappa shape index (κ3) is 6.21. The van der Waals surface area contributed by atoms with Gasteiger partial charge in [0.2, 0.25) is 0 Å². The molecule has 0 amide bonds. The molecule has 9 heteroatoms. The maximum Gasteiger partial charge on any atom is 0.132 e. The predicted octanol–water partition coefficient (Wildman–Crippen LogP) is 2.90. The standard InChI is InChI=1S/C26H30N3O5P/c1-28(2)23-11-5-20(6-12-23)26(19-27,21-7-13-24(14-8-21)29(3)4)22-9-15-25(16-10-22)33-17-18-34-35(30,31)32/h5-16H,17-18H2,1-4H3,(H2,30,31,32)/p-2. The third-order valence-electron chi connectivity index (χ3n) is 5.69. The first-order chi connectivity index (χ1) is 16.6. The van der Waals surface area contributed by atoms with Crippen LogP contribution in [0.3, 0.4) is 0 Å². The third-order valence-corrected chi connectivity index (χ3v) is 6.19. The molecule has 0 spiro atoms. The fourth-order valence-corrected chi connectivity index (χ4v) is 4.12. The van der Waals surface area contributed by atoms with Gasteiger partial charge in [-0.2, -0.15) is 5.26 Å². The van der Waals surface area contributed by atoms with Gasteiger partial charge in [-0.15, -0.1) is 0 Å². The Morgan fingerprint density at radius 1 is 0.771 bits per heavy atom. The zero-order valence-corrected chi connectivity index (χ0v) is 21.1. The minimum absolute atomic E-state index is 0.102. The van der Waals surface area contributed by atoms with Crippen molar-refractivity contribution in [3.63, 3.8) is 0 Å². The Morgan fingerprint density at radius 3 is 1.51 bits per heavy atom. The molecule has 3 aromatic rings. The maximum atomic E-state index is 10.6. The fraction of sp³-hybridized carbons (Fsp3) is 0.269. The van der Waals surface area contributed by atoms with E-state index in [1.54, 1.807) is 12.1 Å². The Hall–Kier alpha value is -3.34. The minimum Gasteiger partial charge on any atom is -0.790 e. The molecule has 0 N–H and O–H groups in total. The largest absolute Gasteiger partial charge is 0.790 e. The molecule has 35 heavy (non-hydrogen) atoms. The summed E-state index contributed by atoms with van der Waals surface area (Å²) in [6, 6.07) is 25.4. The van der Waals surface area contributed by atoms with Gasteiger partial charge < -0.3 is 33.4 Å². The van der Waals surface area contributed by atoms with Crippen LogP contribution >= 0.6 is 7.82 Å². The lowest BCUT2D eigenvalue weighted by Crippen LogP contribution is -2.27. The minimum atomic E-state index is -5.03. The molecule has 0 atom stereocenters. The van der Waals surface area contributed by atoms with Gasteiger partial charge in [0.15, 0.2) is 0 Å². The summed E-state index contributed by atoms with van der Waals surface area (Å²) in [6.07, 6.45) is 0. The van der Waals surface area contributed by atoms with E-state index in [1.807, 2.05) is 98.7 Å². The van der Waals surface area contributed by atoms with Crippen LogP contribution in [0.5, 0.6) is 5.75 Å². The van der Waals surface area contributed by atoms with Crippen LogP contribution in [0.1, 0.15) is 16.7 Å². The van der Waals surface area contributed by atoms with Crippen LogP contribution < -0.4 is 24.3 Å². The number of nitrogens with zero attached hydrogens (tertiary/aromatic N) is 3. The van der Waals surface area contributed by atoms with Gasteiger partial charge in [-0.3, -0.25) is 0 Å². The van der Waals surface area contributed by atoms with Crippen molar-refractivity contribution >= 4 is 19.2 Å². The monoisotopic (exact) mass is 493 g/mol. The number of anilines is 2. The van der Waals surface area contributed by atoms with Crippen LogP contribution in [0.2, 0.25) is 0 Å². The molecule has 0 aliphatic rings. The van der Waals surface area contributed by atoms with Crippen molar-refractivity contribution in [2.24, 2.45) is 0 Å². The normalized spacial score (nSPS) is 11.6. The molecule has 0 radical (unpaired) electrons. The van der Waals surface area contributed by atoms with Gasteiger partial charge in [0.1, 0.15) is 17.8 Å². The molecule has 0 aliphatic carbocycles. The van der Waals surface area contributed by atoms with Crippen molar-refractivity contribution in [2.45, 2.75) is 5.41 Å². The van der Waals surface area contributed by atoms with E-state index in [-0.39, 0.29) is 13.2 Å². The number of benzene rings is 3. The summed E-state index contributed by atoms with van der Waals surface area (Å²) in [4.78, 5) is 25.1. The van der Waals surface area contributed by atoms with Crippen LogP contribution in [-0.2, 0) is 14.5 Å². The smallest absolute Gasteiger partial charge is 0.132 e. The van der Waals surface area contributed by atoms with Gasteiger partial charge in [0, 0.05) is 39.6 Å². The van der Waals surface area contributed by atoms with Gasteiger partial charge in [0.25, 0.3) is 0 Å². The van der Waals surface area contributed by atoms with E-state index < -0.39 is 13.2 Å². The fourth-order valence-electron chi connectivity index (χ4n) is 3.82. The van der Waals surface area contributed by atoms with Crippen molar-refractivity contribution in [3.8, 4) is 11.8 Å². The summed E-state index contributed by atoms with van der Waals surface area (Å²) in [5, 5.41) is 10.6. The van der Waals surface area contributed by atoms with Crippen LogP contribution in [0.4, 0.5) is 11.4 Å². The quantitative estimate of drug-likeness (QED) is 0.241. The van der Waals surface area contributed by atoms with Crippen LogP contribution in [0.25, 0.3) is 0 Å². The SMILES string of the molecule is CN(C)c1ccc(C(C#N)(c2ccc(OCCOP(=O)([O-])[O-])cc2)c2ccc(N(C)C)cc2)cc1. The number of phosphoric ester groups is 1. The highest BCUT2D eigenvalue weighted by atomic mass is 31.2. The molecule has 0 unspecified atom stereocenters. The van der Waals surface area contributed by atoms with Gasteiger partial charge in [-0.25, -0.2) is 0 Å². The van der Waals surface area contributed by atoms with E-state index >= 15 is 0 Å². The van der Waals surface area contributed by atoms with E-state index in [9.17, 15) is 19.6 Å².